The van der Waals surface area contributed by atoms with E-state index >= 15 is 0 Å². The standard InChI is InChI=1S/C12H13FN2O2/c1-8-6-11(17-15-8)7-14-12(16)9-2-4-10(13)5-3-9/h2-5,11H,6-7H2,1H3,(H,14,16)/t11-/m0/s1. The van der Waals surface area contributed by atoms with Gasteiger partial charge in [0.15, 0.2) is 0 Å². The zero-order valence-corrected chi connectivity index (χ0v) is 9.44. The predicted octanol–water partition coefficient (Wildman–Crippen LogP) is 1.72. The van der Waals surface area contributed by atoms with Crippen LogP contribution < -0.4 is 5.32 Å². The minimum Gasteiger partial charge on any atom is -0.390 e. The number of carbonyl (C=O) groups excluding carboxylic acids is 1. The Hall–Kier alpha value is -1.91. The zero-order chi connectivity index (χ0) is 12.3. The van der Waals surface area contributed by atoms with Gasteiger partial charge in [-0.2, -0.15) is 0 Å². The normalized spacial score (nSPS) is 18.5. The first-order valence-corrected chi connectivity index (χ1v) is 5.38. The Labute approximate surface area is 98.5 Å². The fraction of sp³-hybridized carbons (Fsp3) is 0.333. The van der Waals surface area contributed by atoms with Crippen molar-refractivity contribution >= 4 is 11.6 Å². The molecule has 1 N–H and O–H groups in total. The number of carbonyl (C=O) groups is 1. The molecule has 0 radical (unpaired) electrons. The van der Waals surface area contributed by atoms with E-state index in [0.717, 1.165) is 12.1 Å². The van der Waals surface area contributed by atoms with E-state index in [4.69, 9.17) is 4.84 Å². The molecule has 0 saturated carbocycles. The minimum absolute atomic E-state index is 0.0978. The van der Waals surface area contributed by atoms with Gasteiger partial charge in [-0.05, 0) is 31.2 Å². The smallest absolute Gasteiger partial charge is 0.251 e. The number of oxime groups is 1. The first-order chi connectivity index (χ1) is 8.15. The van der Waals surface area contributed by atoms with Gasteiger partial charge in [0.1, 0.15) is 11.9 Å². The number of amides is 1. The van der Waals surface area contributed by atoms with Gasteiger partial charge in [0, 0.05) is 12.0 Å². The summed E-state index contributed by atoms with van der Waals surface area (Å²) in [5.74, 6) is -0.595. The number of nitrogens with zero attached hydrogens (tertiary/aromatic N) is 1. The summed E-state index contributed by atoms with van der Waals surface area (Å²) in [6, 6.07) is 5.41. The summed E-state index contributed by atoms with van der Waals surface area (Å²) in [5.41, 5.74) is 1.35. The first kappa shape index (κ1) is 11.6. The SMILES string of the molecule is CC1=NO[C@H](CNC(=O)c2ccc(F)cc2)C1. The molecule has 0 unspecified atom stereocenters. The highest BCUT2D eigenvalue weighted by molar-refractivity contribution is 5.94. The second kappa shape index (κ2) is 4.95. The van der Waals surface area contributed by atoms with Crippen LogP contribution in [0.15, 0.2) is 29.4 Å². The minimum atomic E-state index is -0.357. The summed E-state index contributed by atoms with van der Waals surface area (Å²) < 4.78 is 12.7. The van der Waals surface area contributed by atoms with E-state index < -0.39 is 0 Å². The Kier molecular flexibility index (Phi) is 3.37. The van der Waals surface area contributed by atoms with Crippen LogP contribution in [0, 0.1) is 5.82 Å². The van der Waals surface area contributed by atoms with E-state index in [1.807, 2.05) is 6.92 Å². The van der Waals surface area contributed by atoms with Gasteiger partial charge in [-0.3, -0.25) is 4.79 Å². The number of rotatable bonds is 3. The lowest BCUT2D eigenvalue weighted by molar-refractivity contribution is 0.0753. The summed E-state index contributed by atoms with van der Waals surface area (Å²) in [4.78, 5) is 16.8. The van der Waals surface area contributed by atoms with Crippen LogP contribution in [0.25, 0.3) is 0 Å². The summed E-state index contributed by atoms with van der Waals surface area (Å²) in [6.07, 6.45) is 0.628. The molecule has 4 nitrogen and oxygen atoms in total. The maximum atomic E-state index is 12.7. The van der Waals surface area contributed by atoms with E-state index in [9.17, 15) is 9.18 Å². The third-order valence-electron chi connectivity index (χ3n) is 2.48. The largest absolute Gasteiger partial charge is 0.390 e. The summed E-state index contributed by atoms with van der Waals surface area (Å²) in [6.45, 7) is 2.28. The molecule has 2 rings (SSSR count). The molecule has 1 aromatic rings. The quantitative estimate of drug-likeness (QED) is 0.868. The van der Waals surface area contributed by atoms with Gasteiger partial charge in [-0.15, -0.1) is 0 Å². The van der Waals surface area contributed by atoms with Gasteiger partial charge in [-0.1, -0.05) is 5.16 Å². The Balaban J connectivity index is 1.83. The topological polar surface area (TPSA) is 50.7 Å². The van der Waals surface area contributed by atoms with E-state index in [1.54, 1.807) is 0 Å². The van der Waals surface area contributed by atoms with Gasteiger partial charge >= 0.3 is 0 Å². The highest BCUT2D eigenvalue weighted by Crippen LogP contribution is 2.09. The summed E-state index contributed by atoms with van der Waals surface area (Å²) in [7, 11) is 0. The molecular formula is C12H13FN2O2. The fourth-order valence-corrected chi connectivity index (χ4v) is 1.59. The summed E-state index contributed by atoms with van der Waals surface area (Å²) >= 11 is 0. The molecule has 90 valence electrons. The van der Waals surface area contributed by atoms with Crippen molar-refractivity contribution in [1.82, 2.24) is 5.32 Å². The van der Waals surface area contributed by atoms with Crippen LogP contribution in [-0.4, -0.2) is 24.3 Å². The molecule has 5 heteroatoms. The lowest BCUT2D eigenvalue weighted by Gasteiger charge is -2.09. The molecule has 0 aromatic heterocycles. The van der Waals surface area contributed by atoms with Crippen molar-refractivity contribution < 1.29 is 14.0 Å². The lowest BCUT2D eigenvalue weighted by atomic mass is 10.2. The number of nitrogens with one attached hydrogen (secondary N) is 1. The second-order valence-corrected chi connectivity index (χ2v) is 3.98. The van der Waals surface area contributed by atoms with Crippen LogP contribution in [-0.2, 0) is 4.84 Å². The lowest BCUT2D eigenvalue weighted by Crippen LogP contribution is -2.32. The highest BCUT2D eigenvalue weighted by atomic mass is 19.1. The molecule has 1 aliphatic rings. The van der Waals surface area contributed by atoms with Crippen molar-refractivity contribution in [3.05, 3.63) is 35.6 Å². The molecule has 0 fully saturated rings. The van der Waals surface area contributed by atoms with Crippen molar-refractivity contribution in [2.24, 2.45) is 5.16 Å². The molecule has 0 saturated heterocycles. The molecule has 0 aliphatic carbocycles. The average Bonchev–Trinajstić information content (AvgIpc) is 2.73. The van der Waals surface area contributed by atoms with E-state index in [2.05, 4.69) is 10.5 Å². The summed E-state index contributed by atoms with van der Waals surface area (Å²) in [5, 5.41) is 6.52. The van der Waals surface area contributed by atoms with Crippen LogP contribution in [0.3, 0.4) is 0 Å². The van der Waals surface area contributed by atoms with Crippen LogP contribution in [0.2, 0.25) is 0 Å². The van der Waals surface area contributed by atoms with Gasteiger partial charge in [-0.25, -0.2) is 4.39 Å². The van der Waals surface area contributed by atoms with Gasteiger partial charge in [0.05, 0.1) is 12.3 Å². The van der Waals surface area contributed by atoms with Crippen molar-refractivity contribution in [2.75, 3.05) is 6.54 Å². The number of benzene rings is 1. The number of hydrogen-bond acceptors (Lipinski definition) is 3. The van der Waals surface area contributed by atoms with Gasteiger partial charge in [0.25, 0.3) is 5.91 Å². The molecule has 1 atom stereocenters. The Morgan fingerprint density at radius 3 is 2.82 bits per heavy atom. The average molecular weight is 236 g/mol. The van der Waals surface area contributed by atoms with Gasteiger partial charge in [0.2, 0.25) is 0 Å². The van der Waals surface area contributed by atoms with E-state index in [0.29, 0.717) is 12.1 Å². The molecule has 1 aliphatic heterocycles. The van der Waals surface area contributed by atoms with Crippen molar-refractivity contribution in [3.63, 3.8) is 0 Å². The molecular weight excluding hydrogens is 223 g/mol. The van der Waals surface area contributed by atoms with Crippen LogP contribution >= 0.6 is 0 Å². The Bertz CT molecular complexity index is 442. The first-order valence-electron chi connectivity index (χ1n) is 5.38. The van der Waals surface area contributed by atoms with Crippen molar-refractivity contribution in [3.8, 4) is 0 Å². The third-order valence-corrected chi connectivity index (χ3v) is 2.48. The number of halogens is 1. The Morgan fingerprint density at radius 1 is 1.53 bits per heavy atom. The van der Waals surface area contributed by atoms with Crippen LogP contribution in [0.4, 0.5) is 4.39 Å². The van der Waals surface area contributed by atoms with E-state index in [1.165, 1.54) is 24.3 Å². The maximum Gasteiger partial charge on any atom is 0.251 e. The highest BCUT2D eigenvalue weighted by Gasteiger charge is 2.18. The fourth-order valence-electron chi connectivity index (χ4n) is 1.59. The molecule has 0 bridgehead atoms. The molecule has 1 amide bonds. The van der Waals surface area contributed by atoms with E-state index in [-0.39, 0.29) is 17.8 Å². The molecule has 1 heterocycles. The predicted molar refractivity (Wildman–Crippen MR) is 61.3 cm³/mol. The van der Waals surface area contributed by atoms with Gasteiger partial charge < -0.3 is 10.2 Å². The van der Waals surface area contributed by atoms with Crippen LogP contribution in [0.1, 0.15) is 23.7 Å². The number of hydrogen-bond donors (Lipinski definition) is 1. The van der Waals surface area contributed by atoms with Crippen molar-refractivity contribution in [2.45, 2.75) is 19.4 Å². The molecule has 1 aromatic carbocycles. The van der Waals surface area contributed by atoms with Crippen molar-refractivity contribution in [1.29, 1.82) is 0 Å². The maximum absolute atomic E-state index is 12.7. The molecule has 17 heavy (non-hydrogen) atoms. The second-order valence-electron chi connectivity index (χ2n) is 3.98. The molecule has 0 spiro atoms. The van der Waals surface area contributed by atoms with Crippen LogP contribution in [0.5, 0.6) is 0 Å². The monoisotopic (exact) mass is 236 g/mol. The zero-order valence-electron chi connectivity index (χ0n) is 9.44. The third kappa shape index (κ3) is 3.03. The Morgan fingerprint density at radius 2 is 2.24 bits per heavy atom.